The Hall–Kier alpha value is -3.35. The number of carbonyl (C=O) groups excluding carboxylic acids is 3. The Balaban J connectivity index is 1.74. The molecule has 2 aromatic carbocycles. The Kier molecular flexibility index (Phi) is 5.12. The minimum absolute atomic E-state index is 0.356. The zero-order valence-corrected chi connectivity index (χ0v) is 15.2. The highest BCUT2D eigenvalue weighted by Gasteiger charge is 2.51. The Bertz CT molecular complexity index is 851. The van der Waals surface area contributed by atoms with E-state index in [1.54, 1.807) is 43.5 Å². The number of carbonyl (C=O) groups is 3. The third-order valence-electron chi connectivity index (χ3n) is 4.65. The van der Waals surface area contributed by atoms with Crippen LogP contribution in [0.5, 0.6) is 5.75 Å². The van der Waals surface area contributed by atoms with Crippen LogP contribution < -0.4 is 15.4 Å². The largest absolute Gasteiger partial charge is 0.497 e. The number of ether oxygens (including phenoxy) is 1. The summed E-state index contributed by atoms with van der Waals surface area (Å²) in [5.74, 6) is -0.215. The third kappa shape index (κ3) is 3.48. The molecule has 7 heteroatoms. The van der Waals surface area contributed by atoms with Crippen molar-refractivity contribution in [3.63, 3.8) is 0 Å². The lowest BCUT2D eigenvalue weighted by atomic mass is 9.87. The van der Waals surface area contributed by atoms with Gasteiger partial charge in [0.2, 0.25) is 5.91 Å². The molecule has 0 aliphatic carbocycles. The smallest absolute Gasteiger partial charge is 0.325 e. The minimum Gasteiger partial charge on any atom is -0.497 e. The highest BCUT2D eigenvalue weighted by molar-refractivity contribution is 6.10. The van der Waals surface area contributed by atoms with Crippen molar-refractivity contribution in [2.75, 3.05) is 19.0 Å². The maximum atomic E-state index is 13.0. The molecule has 1 aliphatic rings. The van der Waals surface area contributed by atoms with Gasteiger partial charge in [0.1, 0.15) is 17.8 Å². The standard InChI is InChI=1S/C20H21N3O4/c1-3-20(14-7-5-4-6-8-14)18(25)23(19(26)22-20)13-17(24)21-15-9-11-16(27-2)12-10-15/h4-12H,3,13H2,1-2H3,(H,21,24)(H,22,26)/t20-/m1/s1. The number of methoxy groups -OCH3 is 1. The fourth-order valence-electron chi connectivity index (χ4n) is 3.15. The molecule has 4 amide bonds. The lowest BCUT2D eigenvalue weighted by molar-refractivity contribution is -0.134. The minimum atomic E-state index is -1.14. The van der Waals surface area contributed by atoms with Gasteiger partial charge in [-0.25, -0.2) is 4.79 Å². The summed E-state index contributed by atoms with van der Waals surface area (Å²) >= 11 is 0. The van der Waals surface area contributed by atoms with Crippen molar-refractivity contribution in [1.82, 2.24) is 10.2 Å². The van der Waals surface area contributed by atoms with E-state index in [1.165, 1.54) is 0 Å². The summed E-state index contributed by atoms with van der Waals surface area (Å²) in [5, 5.41) is 5.44. The molecular formula is C20H21N3O4. The van der Waals surface area contributed by atoms with Gasteiger partial charge < -0.3 is 15.4 Å². The van der Waals surface area contributed by atoms with Crippen LogP contribution in [-0.2, 0) is 15.1 Å². The van der Waals surface area contributed by atoms with E-state index in [1.807, 2.05) is 25.1 Å². The molecule has 1 aliphatic heterocycles. The number of rotatable bonds is 6. The van der Waals surface area contributed by atoms with Gasteiger partial charge in [-0.05, 0) is 36.2 Å². The second-order valence-electron chi connectivity index (χ2n) is 6.22. The first-order valence-corrected chi connectivity index (χ1v) is 8.63. The average Bonchev–Trinajstić information content (AvgIpc) is 2.94. The highest BCUT2D eigenvalue weighted by Crippen LogP contribution is 2.32. The van der Waals surface area contributed by atoms with E-state index < -0.39 is 23.4 Å². The molecular weight excluding hydrogens is 346 g/mol. The summed E-state index contributed by atoms with van der Waals surface area (Å²) in [5.41, 5.74) is 0.111. The molecule has 0 unspecified atom stereocenters. The van der Waals surface area contributed by atoms with E-state index in [-0.39, 0.29) is 6.54 Å². The van der Waals surface area contributed by atoms with Crippen molar-refractivity contribution in [3.05, 3.63) is 60.2 Å². The monoisotopic (exact) mass is 367 g/mol. The second-order valence-corrected chi connectivity index (χ2v) is 6.22. The van der Waals surface area contributed by atoms with Crippen LogP contribution in [0.1, 0.15) is 18.9 Å². The lowest BCUT2D eigenvalue weighted by Crippen LogP contribution is -2.44. The van der Waals surface area contributed by atoms with Crippen LogP contribution in [0.4, 0.5) is 10.5 Å². The third-order valence-corrected chi connectivity index (χ3v) is 4.65. The summed E-state index contributed by atoms with van der Waals surface area (Å²) in [6.07, 6.45) is 0.387. The van der Waals surface area contributed by atoms with Crippen LogP contribution in [0.25, 0.3) is 0 Å². The maximum Gasteiger partial charge on any atom is 0.325 e. The summed E-state index contributed by atoms with van der Waals surface area (Å²) < 4.78 is 5.07. The highest BCUT2D eigenvalue weighted by atomic mass is 16.5. The van der Waals surface area contributed by atoms with E-state index in [4.69, 9.17) is 4.74 Å². The molecule has 2 aromatic rings. The average molecular weight is 367 g/mol. The van der Waals surface area contributed by atoms with E-state index in [9.17, 15) is 14.4 Å². The van der Waals surface area contributed by atoms with Crippen molar-refractivity contribution in [3.8, 4) is 5.75 Å². The normalized spacial score (nSPS) is 19.0. The Morgan fingerprint density at radius 2 is 1.78 bits per heavy atom. The summed E-state index contributed by atoms with van der Waals surface area (Å²) in [4.78, 5) is 38.7. The topological polar surface area (TPSA) is 87.7 Å². The van der Waals surface area contributed by atoms with Gasteiger partial charge in [0.05, 0.1) is 7.11 Å². The van der Waals surface area contributed by atoms with Gasteiger partial charge in [0.15, 0.2) is 0 Å². The number of nitrogens with one attached hydrogen (secondary N) is 2. The zero-order chi connectivity index (χ0) is 19.4. The number of nitrogens with zero attached hydrogens (tertiary/aromatic N) is 1. The second kappa shape index (κ2) is 7.49. The maximum absolute atomic E-state index is 13.0. The first kappa shape index (κ1) is 18.4. The zero-order valence-electron chi connectivity index (χ0n) is 15.2. The predicted octanol–water partition coefficient (Wildman–Crippen LogP) is 2.49. The summed E-state index contributed by atoms with van der Waals surface area (Å²) in [6.45, 7) is 1.47. The molecule has 0 radical (unpaired) electrons. The molecule has 1 saturated heterocycles. The molecule has 7 nitrogen and oxygen atoms in total. The molecule has 1 atom stereocenters. The van der Waals surface area contributed by atoms with Crippen LogP contribution in [0.3, 0.4) is 0 Å². The van der Waals surface area contributed by atoms with Gasteiger partial charge in [0.25, 0.3) is 5.91 Å². The fourth-order valence-corrected chi connectivity index (χ4v) is 3.15. The van der Waals surface area contributed by atoms with E-state index in [0.717, 1.165) is 4.90 Å². The SMILES string of the molecule is CC[C@]1(c2ccccc2)NC(=O)N(CC(=O)Nc2ccc(OC)cc2)C1=O. The van der Waals surface area contributed by atoms with Crippen LogP contribution in [0, 0.1) is 0 Å². The van der Waals surface area contributed by atoms with Crippen LogP contribution >= 0.6 is 0 Å². The quantitative estimate of drug-likeness (QED) is 0.768. The number of benzene rings is 2. The molecule has 2 N–H and O–H groups in total. The lowest BCUT2D eigenvalue weighted by Gasteiger charge is -2.25. The number of hydrogen-bond acceptors (Lipinski definition) is 4. The van der Waals surface area contributed by atoms with Gasteiger partial charge in [-0.2, -0.15) is 0 Å². The number of urea groups is 1. The Morgan fingerprint density at radius 1 is 1.11 bits per heavy atom. The molecule has 0 spiro atoms. The van der Waals surface area contributed by atoms with Crippen molar-refractivity contribution >= 4 is 23.5 Å². The fraction of sp³-hybridized carbons (Fsp3) is 0.250. The first-order chi connectivity index (χ1) is 13.0. The molecule has 1 fully saturated rings. The van der Waals surface area contributed by atoms with Gasteiger partial charge in [-0.3, -0.25) is 14.5 Å². The van der Waals surface area contributed by atoms with Crippen LogP contribution in [0.2, 0.25) is 0 Å². The van der Waals surface area contributed by atoms with Crippen LogP contribution in [0.15, 0.2) is 54.6 Å². The Morgan fingerprint density at radius 3 is 2.37 bits per heavy atom. The van der Waals surface area contributed by atoms with E-state index in [2.05, 4.69) is 10.6 Å². The number of amides is 4. The van der Waals surface area contributed by atoms with Crippen molar-refractivity contribution in [2.24, 2.45) is 0 Å². The van der Waals surface area contributed by atoms with E-state index >= 15 is 0 Å². The molecule has 27 heavy (non-hydrogen) atoms. The molecule has 140 valence electrons. The molecule has 3 rings (SSSR count). The van der Waals surface area contributed by atoms with Crippen molar-refractivity contribution in [1.29, 1.82) is 0 Å². The predicted molar refractivity (Wildman–Crippen MR) is 100 cm³/mol. The molecule has 0 saturated carbocycles. The molecule has 0 bridgehead atoms. The van der Waals surface area contributed by atoms with Crippen molar-refractivity contribution in [2.45, 2.75) is 18.9 Å². The molecule has 1 heterocycles. The van der Waals surface area contributed by atoms with Gasteiger partial charge in [-0.15, -0.1) is 0 Å². The number of hydrogen-bond donors (Lipinski definition) is 2. The Labute approximate surface area is 157 Å². The molecule has 0 aromatic heterocycles. The number of imide groups is 1. The number of anilines is 1. The van der Waals surface area contributed by atoms with Gasteiger partial charge in [-0.1, -0.05) is 37.3 Å². The van der Waals surface area contributed by atoms with Gasteiger partial charge >= 0.3 is 6.03 Å². The summed E-state index contributed by atoms with van der Waals surface area (Å²) in [6, 6.07) is 15.3. The van der Waals surface area contributed by atoms with E-state index in [0.29, 0.717) is 23.4 Å². The van der Waals surface area contributed by atoms with Crippen LogP contribution in [-0.4, -0.2) is 36.4 Å². The summed E-state index contributed by atoms with van der Waals surface area (Å²) in [7, 11) is 1.55. The first-order valence-electron chi connectivity index (χ1n) is 8.63. The van der Waals surface area contributed by atoms with Crippen molar-refractivity contribution < 1.29 is 19.1 Å². The van der Waals surface area contributed by atoms with Gasteiger partial charge in [0, 0.05) is 5.69 Å².